The van der Waals surface area contributed by atoms with Crippen LogP contribution in [0.1, 0.15) is 20.3 Å². The van der Waals surface area contributed by atoms with Crippen molar-refractivity contribution in [3.63, 3.8) is 0 Å². The van der Waals surface area contributed by atoms with Crippen LogP contribution >= 0.6 is 0 Å². The van der Waals surface area contributed by atoms with Gasteiger partial charge in [-0.15, -0.1) is 0 Å². The molecule has 0 aromatic heterocycles. The first-order chi connectivity index (χ1) is 7.56. The van der Waals surface area contributed by atoms with Gasteiger partial charge in [0, 0.05) is 6.54 Å². The normalized spacial score (nSPS) is 21.9. The van der Waals surface area contributed by atoms with Gasteiger partial charge in [0.1, 0.15) is 6.04 Å². The number of carbonyl (C=O) groups excluding carboxylic acids is 2. The standard InChI is InChI=1S/C11H20N2O3/c1-7(2)9(11(15)16-3)13-10(14)8-4-5-12-6-8/h7-9,12H,4-6H2,1-3H3,(H,13,14). The van der Waals surface area contributed by atoms with Crippen LogP contribution in [-0.4, -0.2) is 38.1 Å². The minimum atomic E-state index is -0.543. The van der Waals surface area contributed by atoms with E-state index in [1.807, 2.05) is 13.8 Å². The predicted octanol–water partition coefficient (Wildman–Crippen LogP) is -0.0903. The highest BCUT2D eigenvalue weighted by Crippen LogP contribution is 2.10. The molecule has 0 aromatic rings. The van der Waals surface area contributed by atoms with E-state index in [2.05, 4.69) is 15.4 Å². The van der Waals surface area contributed by atoms with Crippen LogP contribution in [0.3, 0.4) is 0 Å². The highest BCUT2D eigenvalue weighted by molar-refractivity contribution is 5.86. The number of methoxy groups -OCH3 is 1. The van der Waals surface area contributed by atoms with Gasteiger partial charge < -0.3 is 15.4 Å². The van der Waals surface area contributed by atoms with Gasteiger partial charge >= 0.3 is 5.97 Å². The van der Waals surface area contributed by atoms with Crippen LogP contribution in [0, 0.1) is 11.8 Å². The molecule has 0 saturated carbocycles. The number of carbonyl (C=O) groups is 2. The summed E-state index contributed by atoms with van der Waals surface area (Å²) in [6.45, 7) is 5.32. The number of esters is 1. The fourth-order valence-corrected chi connectivity index (χ4v) is 1.77. The molecule has 2 unspecified atom stereocenters. The van der Waals surface area contributed by atoms with Gasteiger partial charge in [-0.1, -0.05) is 13.8 Å². The predicted molar refractivity (Wildman–Crippen MR) is 59.8 cm³/mol. The van der Waals surface area contributed by atoms with E-state index in [4.69, 9.17) is 0 Å². The Bertz CT molecular complexity index is 260. The molecule has 0 bridgehead atoms. The molecular weight excluding hydrogens is 208 g/mol. The summed E-state index contributed by atoms with van der Waals surface area (Å²) in [5, 5.41) is 5.88. The van der Waals surface area contributed by atoms with Crippen molar-refractivity contribution in [3.05, 3.63) is 0 Å². The summed E-state index contributed by atoms with van der Waals surface area (Å²) in [6.07, 6.45) is 0.831. The van der Waals surface area contributed by atoms with E-state index in [1.165, 1.54) is 7.11 Å². The lowest BCUT2D eigenvalue weighted by Gasteiger charge is -2.21. The molecule has 0 spiro atoms. The van der Waals surface area contributed by atoms with Crippen molar-refractivity contribution in [2.75, 3.05) is 20.2 Å². The van der Waals surface area contributed by atoms with Crippen molar-refractivity contribution >= 4 is 11.9 Å². The topological polar surface area (TPSA) is 67.4 Å². The van der Waals surface area contributed by atoms with Crippen LogP contribution in [0.2, 0.25) is 0 Å². The van der Waals surface area contributed by atoms with E-state index < -0.39 is 6.04 Å². The van der Waals surface area contributed by atoms with Crippen molar-refractivity contribution in [1.82, 2.24) is 10.6 Å². The average Bonchev–Trinajstić information content (AvgIpc) is 2.77. The Kier molecular flexibility index (Phi) is 4.73. The molecule has 2 N–H and O–H groups in total. The molecule has 92 valence electrons. The van der Waals surface area contributed by atoms with Gasteiger partial charge in [0.15, 0.2) is 0 Å². The van der Waals surface area contributed by atoms with Crippen molar-refractivity contribution in [2.24, 2.45) is 11.8 Å². The monoisotopic (exact) mass is 228 g/mol. The van der Waals surface area contributed by atoms with Crippen LogP contribution in [0.15, 0.2) is 0 Å². The molecule has 1 fully saturated rings. The lowest BCUT2D eigenvalue weighted by Crippen LogP contribution is -2.47. The zero-order valence-electron chi connectivity index (χ0n) is 10.1. The van der Waals surface area contributed by atoms with E-state index in [1.54, 1.807) is 0 Å². The van der Waals surface area contributed by atoms with Gasteiger partial charge in [-0.05, 0) is 18.9 Å². The molecule has 1 saturated heterocycles. The van der Waals surface area contributed by atoms with E-state index in [9.17, 15) is 9.59 Å². The first-order valence-electron chi connectivity index (χ1n) is 5.65. The zero-order valence-corrected chi connectivity index (χ0v) is 10.1. The average molecular weight is 228 g/mol. The number of hydrogen-bond donors (Lipinski definition) is 2. The molecule has 0 aromatic carbocycles. The maximum atomic E-state index is 11.8. The van der Waals surface area contributed by atoms with Crippen LogP contribution < -0.4 is 10.6 Å². The molecule has 5 nitrogen and oxygen atoms in total. The maximum absolute atomic E-state index is 11.8. The fraction of sp³-hybridized carbons (Fsp3) is 0.818. The molecule has 1 amide bonds. The molecule has 2 atom stereocenters. The minimum Gasteiger partial charge on any atom is -0.467 e. The summed E-state index contributed by atoms with van der Waals surface area (Å²) in [6, 6.07) is -0.543. The Morgan fingerprint density at radius 3 is 2.56 bits per heavy atom. The van der Waals surface area contributed by atoms with Crippen molar-refractivity contribution in [3.8, 4) is 0 Å². The van der Waals surface area contributed by atoms with Gasteiger partial charge in [0.25, 0.3) is 0 Å². The Morgan fingerprint density at radius 2 is 2.12 bits per heavy atom. The second-order valence-corrected chi connectivity index (χ2v) is 4.44. The maximum Gasteiger partial charge on any atom is 0.328 e. The Balaban J connectivity index is 2.53. The van der Waals surface area contributed by atoms with Crippen molar-refractivity contribution in [2.45, 2.75) is 26.3 Å². The van der Waals surface area contributed by atoms with Gasteiger partial charge in [-0.2, -0.15) is 0 Å². The van der Waals surface area contributed by atoms with Gasteiger partial charge in [0.2, 0.25) is 5.91 Å². The van der Waals surface area contributed by atoms with Crippen LogP contribution in [0.5, 0.6) is 0 Å². The quantitative estimate of drug-likeness (QED) is 0.660. The summed E-state index contributed by atoms with van der Waals surface area (Å²) in [5.74, 6) is -0.430. The zero-order chi connectivity index (χ0) is 12.1. The molecule has 16 heavy (non-hydrogen) atoms. The van der Waals surface area contributed by atoms with Gasteiger partial charge in [-0.25, -0.2) is 4.79 Å². The van der Waals surface area contributed by atoms with E-state index >= 15 is 0 Å². The summed E-state index contributed by atoms with van der Waals surface area (Å²) < 4.78 is 4.67. The van der Waals surface area contributed by atoms with Crippen molar-refractivity contribution < 1.29 is 14.3 Å². The Morgan fingerprint density at radius 1 is 1.44 bits per heavy atom. The smallest absolute Gasteiger partial charge is 0.328 e. The molecule has 0 radical (unpaired) electrons. The lowest BCUT2D eigenvalue weighted by atomic mass is 10.0. The summed E-state index contributed by atoms with van der Waals surface area (Å²) in [7, 11) is 1.33. The first-order valence-corrected chi connectivity index (χ1v) is 5.65. The molecule has 1 aliphatic heterocycles. The number of ether oxygens (including phenoxy) is 1. The first kappa shape index (κ1) is 13.0. The Labute approximate surface area is 95.9 Å². The third-order valence-corrected chi connectivity index (χ3v) is 2.85. The van der Waals surface area contributed by atoms with E-state index in [-0.39, 0.29) is 23.7 Å². The molecule has 1 heterocycles. The van der Waals surface area contributed by atoms with Crippen LogP contribution in [0.4, 0.5) is 0 Å². The number of amides is 1. The van der Waals surface area contributed by atoms with Crippen LogP contribution in [0.25, 0.3) is 0 Å². The van der Waals surface area contributed by atoms with Gasteiger partial charge in [0.05, 0.1) is 13.0 Å². The Hall–Kier alpha value is -1.10. The number of nitrogens with one attached hydrogen (secondary N) is 2. The summed E-state index contributed by atoms with van der Waals surface area (Å²) >= 11 is 0. The molecular formula is C11H20N2O3. The molecule has 0 aliphatic carbocycles. The second kappa shape index (κ2) is 5.84. The minimum absolute atomic E-state index is 0.0223. The summed E-state index contributed by atoms with van der Waals surface area (Å²) in [5.41, 5.74) is 0. The fourth-order valence-electron chi connectivity index (χ4n) is 1.77. The largest absolute Gasteiger partial charge is 0.467 e. The molecule has 1 rings (SSSR count). The molecule has 1 aliphatic rings. The van der Waals surface area contributed by atoms with Crippen LogP contribution in [-0.2, 0) is 14.3 Å². The van der Waals surface area contributed by atoms with Crippen molar-refractivity contribution in [1.29, 1.82) is 0 Å². The van der Waals surface area contributed by atoms with E-state index in [0.29, 0.717) is 6.54 Å². The number of hydrogen-bond acceptors (Lipinski definition) is 4. The number of rotatable bonds is 4. The summed E-state index contributed by atoms with van der Waals surface area (Å²) in [4.78, 5) is 23.3. The highest BCUT2D eigenvalue weighted by Gasteiger charge is 2.29. The third-order valence-electron chi connectivity index (χ3n) is 2.85. The third kappa shape index (κ3) is 3.20. The molecule has 5 heteroatoms. The second-order valence-electron chi connectivity index (χ2n) is 4.44. The SMILES string of the molecule is COC(=O)C(NC(=O)C1CCNC1)C(C)C. The highest BCUT2D eigenvalue weighted by atomic mass is 16.5. The van der Waals surface area contributed by atoms with E-state index in [0.717, 1.165) is 13.0 Å². The lowest BCUT2D eigenvalue weighted by molar-refractivity contribution is -0.146. The van der Waals surface area contributed by atoms with Gasteiger partial charge in [-0.3, -0.25) is 4.79 Å².